The third-order valence-electron chi connectivity index (χ3n) is 5.42. The maximum Gasteiger partial charge on any atom is 0.270 e. The second-order valence-electron chi connectivity index (χ2n) is 6.87. The Morgan fingerprint density at radius 1 is 1.32 bits per heavy atom. The lowest BCUT2D eigenvalue weighted by molar-refractivity contribution is 0.0618. The van der Waals surface area contributed by atoms with Crippen LogP contribution in [0.2, 0.25) is 0 Å². The van der Waals surface area contributed by atoms with Gasteiger partial charge in [-0.05, 0) is 37.9 Å². The third kappa shape index (κ3) is 2.51. The molecule has 7 heteroatoms. The smallest absolute Gasteiger partial charge is 0.270 e. The molecule has 3 aliphatic rings. The molecule has 0 radical (unpaired) electrons. The Labute approximate surface area is 144 Å². The molecule has 0 aliphatic carbocycles. The highest BCUT2D eigenvalue weighted by Gasteiger charge is 2.35. The van der Waals surface area contributed by atoms with Gasteiger partial charge in [-0.1, -0.05) is 0 Å². The second-order valence-corrected chi connectivity index (χ2v) is 6.87. The third-order valence-corrected chi connectivity index (χ3v) is 5.42. The van der Waals surface area contributed by atoms with Crippen LogP contribution in [0.15, 0.2) is 35.3 Å². The number of imidazole rings is 1. The first-order valence-electron chi connectivity index (χ1n) is 8.68. The molecular formula is C18H19N5O2. The molecule has 128 valence electrons. The fourth-order valence-electron chi connectivity index (χ4n) is 4.02. The highest BCUT2D eigenvalue weighted by Crippen LogP contribution is 2.29. The molecule has 0 saturated carbocycles. The summed E-state index contributed by atoms with van der Waals surface area (Å²) in [6.45, 7) is 3.26. The van der Waals surface area contributed by atoms with Crippen molar-refractivity contribution < 1.29 is 9.21 Å². The first kappa shape index (κ1) is 14.7. The van der Waals surface area contributed by atoms with E-state index < -0.39 is 0 Å². The zero-order valence-electron chi connectivity index (χ0n) is 13.7. The van der Waals surface area contributed by atoms with E-state index in [0.717, 1.165) is 30.6 Å². The highest BCUT2D eigenvalue weighted by molar-refractivity contribution is 5.99. The predicted molar refractivity (Wildman–Crippen MR) is 92.0 cm³/mol. The summed E-state index contributed by atoms with van der Waals surface area (Å²) in [7, 11) is 0. The summed E-state index contributed by atoms with van der Waals surface area (Å²) in [4.78, 5) is 26.7. The van der Waals surface area contributed by atoms with Crippen LogP contribution in [0.1, 0.15) is 23.3 Å². The maximum absolute atomic E-state index is 12.7. The molecule has 6 heterocycles. The summed E-state index contributed by atoms with van der Waals surface area (Å²) >= 11 is 0. The number of carbonyl (C=O) groups is 1. The molecule has 7 nitrogen and oxygen atoms in total. The van der Waals surface area contributed by atoms with Gasteiger partial charge in [0.1, 0.15) is 17.8 Å². The molecule has 1 atom stereocenters. The largest absolute Gasteiger partial charge is 0.462 e. The molecule has 3 aromatic heterocycles. The lowest BCUT2D eigenvalue weighted by atomic mass is 9.84. The van der Waals surface area contributed by atoms with E-state index in [-0.39, 0.29) is 11.9 Å². The zero-order chi connectivity index (χ0) is 16.8. The van der Waals surface area contributed by atoms with Crippen LogP contribution in [0.5, 0.6) is 0 Å². The minimum absolute atomic E-state index is 0.118. The molecule has 25 heavy (non-hydrogen) atoms. The van der Waals surface area contributed by atoms with Crippen molar-refractivity contribution in [3.05, 3.63) is 36.6 Å². The Morgan fingerprint density at radius 2 is 2.20 bits per heavy atom. The number of rotatable bonds is 3. The van der Waals surface area contributed by atoms with Crippen molar-refractivity contribution in [3.63, 3.8) is 0 Å². The summed E-state index contributed by atoms with van der Waals surface area (Å²) in [6, 6.07) is 2.01. The van der Waals surface area contributed by atoms with Crippen LogP contribution in [0.3, 0.4) is 0 Å². The molecule has 3 saturated heterocycles. The molecule has 3 aromatic rings. The standard InChI is InChI=1S/C18H19N5O2/c24-18(22-15-9-23-5-1-11(15)2-6-23)14-7-12-13(17-19-3-4-20-17)10-25-16(12)8-21-14/h3-4,7-8,10-11,15H,1-2,5-6,9H2,(H,19,20)(H,22,24)/t15-/m0/s1. The number of furan rings is 1. The van der Waals surface area contributed by atoms with Gasteiger partial charge in [-0.15, -0.1) is 0 Å². The molecule has 1 amide bonds. The van der Waals surface area contributed by atoms with Crippen molar-refractivity contribution in [2.45, 2.75) is 18.9 Å². The van der Waals surface area contributed by atoms with E-state index >= 15 is 0 Å². The van der Waals surface area contributed by atoms with E-state index in [2.05, 4.69) is 25.2 Å². The minimum atomic E-state index is -0.118. The Morgan fingerprint density at radius 3 is 2.92 bits per heavy atom. The lowest BCUT2D eigenvalue weighted by Gasteiger charge is -2.44. The molecule has 2 bridgehead atoms. The number of fused-ring (bicyclic) bond motifs is 4. The topological polar surface area (TPSA) is 87.0 Å². The molecule has 0 aromatic carbocycles. The van der Waals surface area contributed by atoms with E-state index in [1.807, 2.05) is 0 Å². The summed E-state index contributed by atoms with van der Waals surface area (Å²) in [5.41, 5.74) is 1.89. The fourth-order valence-corrected chi connectivity index (χ4v) is 4.02. The fraction of sp³-hybridized carbons (Fsp3) is 0.389. The molecular weight excluding hydrogens is 318 g/mol. The first-order chi connectivity index (χ1) is 12.3. The van der Waals surface area contributed by atoms with Crippen LogP contribution in [-0.2, 0) is 0 Å². The average Bonchev–Trinajstić information content (AvgIpc) is 3.31. The SMILES string of the molecule is O=C(N[C@H]1CN2CCC1CC2)c1cc2c(-c3ncc[nH]3)coc2cn1. The second kappa shape index (κ2) is 5.70. The van der Waals surface area contributed by atoms with Crippen molar-refractivity contribution in [2.24, 2.45) is 5.92 Å². The number of nitrogens with zero attached hydrogens (tertiary/aromatic N) is 3. The summed E-state index contributed by atoms with van der Waals surface area (Å²) in [6.07, 6.45) is 9.03. The van der Waals surface area contributed by atoms with Crippen LogP contribution in [0.4, 0.5) is 0 Å². The van der Waals surface area contributed by atoms with E-state index in [0.29, 0.717) is 23.0 Å². The van der Waals surface area contributed by atoms with Crippen molar-refractivity contribution in [2.75, 3.05) is 19.6 Å². The summed E-state index contributed by atoms with van der Waals surface area (Å²) in [5, 5.41) is 4.02. The lowest BCUT2D eigenvalue weighted by Crippen LogP contribution is -2.57. The monoisotopic (exact) mass is 337 g/mol. The van der Waals surface area contributed by atoms with E-state index in [1.165, 1.54) is 12.8 Å². The van der Waals surface area contributed by atoms with Crippen LogP contribution in [-0.4, -0.2) is 51.4 Å². The van der Waals surface area contributed by atoms with Gasteiger partial charge in [-0.25, -0.2) is 9.97 Å². The van der Waals surface area contributed by atoms with Gasteiger partial charge in [0, 0.05) is 30.4 Å². The number of aromatic nitrogens is 3. The normalized spacial score (nSPS) is 25.4. The molecule has 0 spiro atoms. The Bertz CT molecular complexity index is 909. The summed E-state index contributed by atoms with van der Waals surface area (Å²) < 4.78 is 5.54. The van der Waals surface area contributed by atoms with Crippen LogP contribution < -0.4 is 5.32 Å². The van der Waals surface area contributed by atoms with Gasteiger partial charge >= 0.3 is 0 Å². The van der Waals surface area contributed by atoms with Gasteiger partial charge in [-0.2, -0.15) is 0 Å². The number of pyridine rings is 1. The van der Waals surface area contributed by atoms with Gasteiger partial charge in [0.25, 0.3) is 5.91 Å². The van der Waals surface area contributed by atoms with Gasteiger partial charge < -0.3 is 19.6 Å². The average molecular weight is 337 g/mol. The van der Waals surface area contributed by atoms with Crippen molar-refractivity contribution in [1.29, 1.82) is 0 Å². The van der Waals surface area contributed by atoms with Gasteiger partial charge in [0.2, 0.25) is 0 Å². The number of nitrogens with one attached hydrogen (secondary N) is 2. The quantitative estimate of drug-likeness (QED) is 0.764. The van der Waals surface area contributed by atoms with Crippen LogP contribution in [0.25, 0.3) is 22.4 Å². The number of amides is 1. The molecule has 3 fully saturated rings. The Kier molecular flexibility index (Phi) is 3.34. The number of H-pyrrole nitrogens is 1. The van der Waals surface area contributed by atoms with E-state index in [4.69, 9.17) is 4.42 Å². The van der Waals surface area contributed by atoms with E-state index in [1.54, 1.807) is 30.9 Å². The highest BCUT2D eigenvalue weighted by atomic mass is 16.3. The number of carbonyl (C=O) groups excluding carboxylic acids is 1. The molecule has 6 rings (SSSR count). The Hall–Kier alpha value is -2.67. The molecule has 0 unspecified atom stereocenters. The number of hydrogen-bond donors (Lipinski definition) is 2. The number of piperidine rings is 3. The van der Waals surface area contributed by atoms with Gasteiger partial charge in [0.15, 0.2) is 5.58 Å². The zero-order valence-corrected chi connectivity index (χ0v) is 13.7. The maximum atomic E-state index is 12.7. The first-order valence-corrected chi connectivity index (χ1v) is 8.68. The van der Waals surface area contributed by atoms with Crippen molar-refractivity contribution >= 4 is 16.9 Å². The van der Waals surface area contributed by atoms with Crippen LogP contribution in [0, 0.1) is 5.92 Å². The number of hydrogen-bond acceptors (Lipinski definition) is 5. The van der Waals surface area contributed by atoms with Crippen molar-refractivity contribution in [1.82, 2.24) is 25.2 Å². The minimum Gasteiger partial charge on any atom is -0.462 e. The molecule has 3 aliphatic heterocycles. The molecule has 2 N–H and O–H groups in total. The van der Waals surface area contributed by atoms with Crippen LogP contribution >= 0.6 is 0 Å². The van der Waals surface area contributed by atoms with Crippen molar-refractivity contribution in [3.8, 4) is 11.4 Å². The van der Waals surface area contributed by atoms with E-state index in [9.17, 15) is 4.79 Å². The summed E-state index contributed by atoms with van der Waals surface area (Å²) in [5.74, 6) is 1.19. The number of aromatic amines is 1. The van der Waals surface area contributed by atoms with Gasteiger partial charge in [0.05, 0.1) is 11.8 Å². The predicted octanol–water partition coefficient (Wildman–Crippen LogP) is 2.04. The Balaban J connectivity index is 1.42. The van der Waals surface area contributed by atoms with Gasteiger partial charge in [-0.3, -0.25) is 4.79 Å².